The van der Waals surface area contributed by atoms with Crippen molar-refractivity contribution in [3.8, 4) is 0 Å². The van der Waals surface area contributed by atoms with Crippen LogP contribution in [-0.2, 0) is 0 Å². The highest BCUT2D eigenvalue weighted by Gasteiger charge is 2.35. The number of alkyl halides is 3. The van der Waals surface area contributed by atoms with Crippen LogP contribution in [-0.4, -0.2) is 63.4 Å². The van der Waals surface area contributed by atoms with E-state index in [0.717, 1.165) is 0 Å². The second kappa shape index (κ2) is 11.4. The predicted molar refractivity (Wildman–Crippen MR) is 142 cm³/mol. The fraction of sp³-hybridized carbons (Fsp3) is 0.333. The molecule has 0 saturated heterocycles. The van der Waals surface area contributed by atoms with Crippen molar-refractivity contribution in [3.63, 3.8) is 0 Å². The first-order chi connectivity index (χ1) is 18.4. The number of hydrogen-bond acceptors (Lipinski definition) is 6. The second-order valence-electron chi connectivity index (χ2n) is 9.52. The van der Waals surface area contributed by atoms with Gasteiger partial charge in [0.25, 0.3) is 5.91 Å². The smallest absolute Gasteiger partial charge is 0.356 e. The Morgan fingerprint density at radius 1 is 1.26 bits per heavy atom. The number of halogens is 4. The summed E-state index contributed by atoms with van der Waals surface area (Å²) in [5, 5.41) is 10.5. The number of pyridine rings is 1. The number of carbonyl (C=O) groups is 1. The zero-order chi connectivity index (χ0) is 28.3. The number of benzene rings is 1. The van der Waals surface area contributed by atoms with E-state index in [-0.39, 0.29) is 47.6 Å². The molecule has 1 amide bonds. The molecule has 0 fully saturated rings. The van der Waals surface area contributed by atoms with Crippen molar-refractivity contribution in [2.24, 2.45) is 0 Å². The topological polar surface area (TPSA) is 88.0 Å². The van der Waals surface area contributed by atoms with Crippen molar-refractivity contribution in [2.75, 3.05) is 32.0 Å². The Morgan fingerprint density at radius 2 is 2.03 bits per heavy atom. The van der Waals surface area contributed by atoms with Crippen LogP contribution in [0.15, 0.2) is 54.8 Å². The third-order valence-electron chi connectivity index (χ3n) is 6.20. The summed E-state index contributed by atoms with van der Waals surface area (Å²) in [4.78, 5) is 22.3. The number of nitrogens with one attached hydrogen (secondary N) is 2. The van der Waals surface area contributed by atoms with E-state index in [4.69, 9.17) is 0 Å². The lowest BCUT2D eigenvalue weighted by Crippen LogP contribution is -2.28. The zero-order valence-corrected chi connectivity index (χ0v) is 21.8. The Hall–Kier alpha value is -4.06. The molecule has 0 saturated carbocycles. The van der Waals surface area contributed by atoms with Gasteiger partial charge in [0.2, 0.25) is 5.82 Å². The SMILES string of the molecule is C=C(c1nc(/C=C/CNC(=O)c2ncn(C(C)C)n2)cc2c(NC3=C(F)CN(C)CC3)cccc12)C(F)(F)F. The van der Waals surface area contributed by atoms with Gasteiger partial charge in [-0.3, -0.25) is 9.69 Å². The molecular formula is C27H29F4N7O. The second-order valence-corrected chi connectivity index (χ2v) is 9.52. The van der Waals surface area contributed by atoms with E-state index in [9.17, 15) is 22.4 Å². The average molecular weight is 544 g/mol. The van der Waals surface area contributed by atoms with Crippen LogP contribution in [0.5, 0.6) is 0 Å². The lowest BCUT2D eigenvalue weighted by molar-refractivity contribution is -0.0688. The number of allylic oxidation sites excluding steroid dienone is 1. The molecule has 39 heavy (non-hydrogen) atoms. The highest BCUT2D eigenvalue weighted by molar-refractivity contribution is 6.01. The number of anilines is 1. The standard InChI is InChI=1S/C27H29F4N7O/c1-16(2)38-15-33-25(36-38)26(39)32-11-6-7-18-13-20-19(24(34-18)17(3)27(29,30)31)8-5-9-22(20)35-23-10-12-37(4)14-21(23)28/h5-9,13,15-16,35H,3,10-12,14H2,1-2,4H3,(H,32,39)/b7-6+. The van der Waals surface area contributed by atoms with Crippen LogP contribution >= 0.6 is 0 Å². The van der Waals surface area contributed by atoms with E-state index in [1.807, 2.05) is 25.8 Å². The molecule has 3 heterocycles. The monoisotopic (exact) mass is 543 g/mol. The number of aromatic nitrogens is 4. The first-order valence-corrected chi connectivity index (χ1v) is 12.3. The minimum atomic E-state index is -4.70. The Kier molecular flexibility index (Phi) is 8.14. The fourth-order valence-electron chi connectivity index (χ4n) is 4.04. The first kappa shape index (κ1) is 28.0. The summed E-state index contributed by atoms with van der Waals surface area (Å²) in [6, 6.07) is 6.45. The molecule has 0 spiro atoms. The number of likely N-dealkylation sites (N-methyl/N-ethyl adjacent to an activating group) is 1. The van der Waals surface area contributed by atoms with Crippen molar-refractivity contribution in [1.82, 2.24) is 30.0 Å². The van der Waals surface area contributed by atoms with Crippen LogP contribution in [0.4, 0.5) is 23.2 Å². The van der Waals surface area contributed by atoms with Crippen molar-refractivity contribution in [2.45, 2.75) is 32.5 Å². The molecular weight excluding hydrogens is 514 g/mol. The minimum Gasteiger partial charge on any atom is -0.356 e. The Morgan fingerprint density at radius 3 is 2.69 bits per heavy atom. The largest absolute Gasteiger partial charge is 0.417 e. The van der Waals surface area contributed by atoms with Crippen LogP contribution in [0.3, 0.4) is 0 Å². The summed E-state index contributed by atoms with van der Waals surface area (Å²) in [6.45, 7) is 7.91. The first-order valence-electron chi connectivity index (χ1n) is 12.3. The number of nitrogens with zero attached hydrogens (tertiary/aromatic N) is 5. The van der Waals surface area contributed by atoms with Crippen LogP contribution in [0, 0.1) is 0 Å². The molecule has 0 radical (unpaired) electrons. The molecule has 206 valence electrons. The number of carbonyl (C=O) groups excluding carboxylic acids is 1. The van der Waals surface area contributed by atoms with E-state index in [2.05, 4.69) is 32.3 Å². The number of rotatable bonds is 8. The van der Waals surface area contributed by atoms with Gasteiger partial charge in [-0.15, -0.1) is 5.10 Å². The van der Waals surface area contributed by atoms with Gasteiger partial charge in [-0.2, -0.15) is 13.2 Å². The lowest BCUT2D eigenvalue weighted by atomic mass is 10.0. The maximum absolute atomic E-state index is 14.6. The number of hydrogen-bond donors (Lipinski definition) is 2. The van der Waals surface area contributed by atoms with E-state index < -0.39 is 17.7 Å². The molecule has 0 unspecified atom stereocenters. The van der Waals surface area contributed by atoms with Crippen LogP contribution in [0.1, 0.15) is 48.3 Å². The molecule has 1 aliphatic heterocycles. The summed E-state index contributed by atoms with van der Waals surface area (Å²) in [7, 11) is 1.81. The predicted octanol–water partition coefficient (Wildman–Crippen LogP) is 5.35. The fourth-order valence-corrected chi connectivity index (χ4v) is 4.04. The van der Waals surface area contributed by atoms with Crippen molar-refractivity contribution >= 4 is 34.0 Å². The summed E-state index contributed by atoms with van der Waals surface area (Å²) >= 11 is 0. The molecule has 3 aromatic rings. The van der Waals surface area contributed by atoms with Gasteiger partial charge in [-0.05, 0) is 39.1 Å². The van der Waals surface area contributed by atoms with Gasteiger partial charge in [-0.1, -0.05) is 24.8 Å². The van der Waals surface area contributed by atoms with Crippen LogP contribution in [0.25, 0.3) is 22.4 Å². The van der Waals surface area contributed by atoms with Gasteiger partial charge in [0.05, 0.1) is 23.5 Å². The average Bonchev–Trinajstić information content (AvgIpc) is 3.38. The molecule has 12 heteroatoms. The highest BCUT2D eigenvalue weighted by atomic mass is 19.4. The number of amides is 1. The molecule has 1 aliphatic rings. The number of fused-ring (bicyclic) bond motifs is 1. The van der Waals surface area contributed by atoms with Crippen molar-refractivity contribution in [1.29, 1.82) is 0 Å². The maximum atomic E-state index is 14.6. The molecule has 0 bridgehead atoms. The molecule has 0 atom stereocenters. The molecule has 4 rings (SSSR count). The molecule has 2 aromatic heterocycles. The Bertz CT molecular complexity index is 1460. The molecule has 8 nitrogen and oxygen atoms in total. The van der Waals surface area contributed by atoms with Gasteiger partial charge in [-0.25, -0.2) is 19.0 Å². The highest BCUT2D eigenvalue weighted by Crippen LogP contribution is 2.37. The van der Waals surface area contributed by atoms with E-state index in [1.165, 1.54) is 18.5 Å². The maximum Gasteiger partial charge on any atom is 0.417 e. The van der Waals surface area contributed by atoms with Gasteiger partial charge >= 0.3 is 6.18 Å². The quantitative estimate of drug-likeness (QED) is 0.372. The summed E-state index contributed by atoms with van der Waals surface area (Å²) in [5.74, 6) is -0.800. The molecule has 1 aromatic carbocycles. The summed E-state index contributed by atoms with van der Waals surface area (Å²) < 4.78 is 57.2. The molecule has 0 aliphatic carbocycles. The van der Waals surface area contributed by atoms with E-state index in [0.29, 0.717) is 29.7 Å². The van der Waals surface area contributed by atoms with Crippen LogP contribution in [0.2, 0.25) is 0 Å². The van der Waals surface area contributed by atoms with Gasteiger partial charge in [0, 0.05) is 47.7 Å². The molecule has 2 N–H and O–H groups in total. The summed E-state index contributed by atoms with van der Waals surface area (Å²) in [6.07, 6.45) is 0.250. The van der Waals surface area contributed by atoms with Crippen molar-refractivity contribution < 1.29 is 22.4 Å². The van der Waals surface area contributed by atoms with Crippen molar-refractivity contribution in [3.05, 3.63) is 72.0 Å². The summed E-state index contributed by atoms with van der Waals surface area (Å²) in [5.41, 5.74) is -0.359. The third kappa shape index (κ3) is 6.51. The normalized spacial score (nSPS) is 15.0. The van der Waals surface area contributed by atoms with E-state index in [1.54, 1.807) is 29.0 Å². The van der Waals surface area contributed by atoms with Gasteiger partial charge in [0.15, 0.2) is 0 Å². The Balaban J connectivity index is 1.63. The van der Waals surface area contributed by atoms with Gasteiger partial charge in [0.1, 0.15) is 12.2 Å². The van der Waals surface area contributed by atoms with E-state index >= 15 is 0 Å². The minimum absolute atomic E-state index is 0.0100. The van der Waals surface area contributed by atoms with Gasteiger partial charge < -0.3 is 10.6 Å². The third-order valence-corrected chi connectivity index (χ3v) is 6.20. The lowest BCUT2D eigenvalue weighted by Gasteiger charge is -2.25. The zero-order valence-electron chi connectivity index (χ0n) is 21.8. The Labute approximate surface area is 223 Å². The van der Waals surface area contributed by atoms with Crippen LogP contribution < -0.4 is 10.6 Å².